The Kier molecular flexibility index (Phi) is 5.60. The van der Waals surface area contributed by atoms with E-state index < -0.39 is 0 Å². The third kappa shape index (κ3) is 2.54. The van der Waals surface area contributed by atoms with Crippen molar-refractivity contribution in [3.63, 3.8) is 0 Å². The summed E-state index contributed by atoms with van der Waals surface area (Å²) in [7, 11) is 1.91. The molecule has 1 saturated carbocycles. The molecule has 0 aromatic carbocycles. The molecule has 2 N–H and O–H groups in total. The second-order valence-corrected chi connectivity index (χ2v) is 5.18. The van der Waals surface area contributed by atoms with Crippen LogP contribution in [-0.4, -0.2) is 43.2 Å². The Morgan fingerprint density at radius 3 is 2.44 bits per heavy atom. The maximum atomic E-state index is 12.0. The summed E-state index contributed by atoms with van der Waals surface area (Å²) >= 11 is 0. The monoisotopic (exact) mass is 256 g/mol. The lowest BCUT2D eigenvalue weighted by atomic mass is 9.58. The third-order valence-corrected chi connectivity index (χ3v) is 4.65. The van der Waals surface area contributed by atoms with E-state index in [0.29, 0.717) is 25.1 Å². The molecule has 0 radical (unpaired) electrons. The molecular formula is C14H28N2O2. The predicted molar refractivity (Wildman–Crippen MR) is 73.3 cm³/mol. The summed E-state index contributed by atoms with van der Waals surface area (Å²) in [6.07, 6.45) is 3.81. The molecule has 0 aromatic heterocycles. The van der Waals surface area contributed by atoms with E-state index in [1.807, 2.05) is 18.9 Å². The standard InChI is InChI=1S/C14H28N2O2/c1-5-14(6-2)11(10-12(14)18-7-3)16(4)13(17)8-9-15/h11-12H,5-10,15H2,1-4H3. The van der Waals surface area contributed by atoms with Crippen molar-refractivity contribution in [3.05, 3.63) is 0 Å². The molecule has 0 aliphatic heterocycles. The van der Waals surface area contributed by atoms with Crippen LogP contribution in [0, 0.1) is 5.41 Å². The van der Waals surface area contributed by atoms with Gasteiger partial charge in [-0.1, -0.05) is 13.8 Å². The van der Waals surface area contributed by atoms with Crippen LogP contribution >= 0.6 is 0 Å². The maximum Gasteiger partial charge on any atom is 0.223 e. The lowest BCUT2D eigenvalue weighted by Crippen LogP contribution is -2.64. The number of rotatable bonds is 7. The minimum Gasteiger partial charge on any atom is -0.378 e. The molecule has 0 heterocycles. The van der Waals surface area contributed by atoms with Crippen molar-refractivity contribution in [2.45, 2.75) is 58.6 Å². The fourth-order valence-electron chi connectivity index (χ4n) is 3.36. The zero-order valence-electron chi connectivity index (χ0n) is 12.2. The van der Waals surface area contributed by atoms with Crippen LogP contribution in [0.2, 0.25) is 0 Å². The van der Waals surface area contributed by atoms with Crippen molar-refractivity contribution in [1.29, 1.82) is 0 Å². The molecule has 1 fully saturated rings. The van der Waals surface area contributed by atoms with Gasteiger partial charge in [-0.25, -0.2) is 0 Å². The van der Waals surface area contributed by atoms with Crippen LogP contribution in [-0.2, 0) is 9.53 Å². The van der Waals surface area contributed by atoms with E-state index in [2.05, 4.69) is 13.8 Å². The molecule has 4 heteroatoms. The number of hydrogen-bond donors (Lipinski definition) is 1. The number of hydrogen-bond acceptors (Lipinski definition) is 3. The van der Waals surface area contributed by atoms with Gasteiger partial charge < -0.3 is 15.4 Å². The predicted octanol–water partition coefficient (Wildman–Crippen LogP) is 1.78. The first-order chi connectivity index (χ1) is 8.57. The highest BCUT2D eigenvalue weighted by molar-refractivity contribution is 5.76. The van der Waals surface area contributed by atoms with E-state index in [1.54, 1.807) is 0 Å². The van der Waals surface area contributed by atoms with E-state index >= 15 is 0 Å². The van der Waals surface area contributed by atoms with Crippen LogP contribution in [0.1, 0.15) is 46.5 Å². The molecule has 1 aliphatic rings. The van der Waals surface area contributed by atoms with Gasteiger partial charge in [0.2, 0.25) is 5.91 Å². The lowest BCUT2D eigenvalue weighted by Gasteiger charge is -2.58. The number of nitrogens with two attached hydrogens (primary N) is 1. The lowest BCUT2D eigenvalue weighted by molar-refractivity contribution is -0.176. The number of carbonyl (C=O) groups is 1. The molecule has 106 valence electrons. The average molecular weight is 256 g/mol. The zero-order chi connectivity index (χ0) is 13.8. The first-order valence-corrected chi connectivity index (χ1v) is 7.14. The van der Waals surface area contributed by atoms with Crippen molar-refractivity contribution in [2.75, 3.05) is 20.2 Å². The molecule has 0 saturated heterocycles. The minimum atomic E-state index is 0.134. The summed E-state index contributed by atoms with van der Waals surface area (Å²) in [4.78, 5) is 13.9. The quantitative estimate of drug-likeness (QED) is 0.755. The molecule has 0 aromatic rings. The summed E-state index contributed by atoms with van der Waals surface area (Å²) in [6, 6.07) is 0.308. The number of carbonyl (C=O) groups excluding carboxylic acids is 1. The highest BCUT2D eigenvalue weighted by atomic mass is 16.5. The SMILES string of the molecule is CCOC1CC(N(C)C(=O)CCN)C1(CC)CC. The largest absolute Gasteiger partial charge is 0.378 e. The van der Waals surface area contributed by atoms with Crippen LogP contribution in [0.3, 0.4) is 0 Å². The molecule has 1 aliphatic carbocycles. The Bertz CT molecular complexity index is 277. The molecule has 2 unspecified atom stereocenters. The fraction of sp³-hybridized carbons (Fsp3) is 0.929. The fourth-order valence-corrected chi connectivity index (χ4v) is 3.36. The molecule has 0 bridgehead atoms. The van der Waals surface area contributed by atoms with Gasteiger partial charge in [0, 0.05) is 38.1 Å². The van der Waals surface area contributed by atoms with Crippen LogP contribution in [0.25, 0.3) is 0 Å². The Morgan fingerprint density at radius 2 is 2.00 bits per heavy atom. The Morgan fingerprint density at radius 1 is 1.39 bits per heavy atom. The Labute approximate surface area is 111 Å². The summed E-state index contributed by atoms with van der Waals surface area (Å²) in [6.45, 7) is 7.61. The van der Waals surface area contributed by atoms with Gasteiger partial charge in [0.1, 0.15) is 0 Å². The van der Waals surface area contributed by atoms with Crippen LogP contribution < -0.4 is 5.73 Å². The topological polar surface area (TPSA) is 55.6 Å². The first kappa shape index (κ1) is 15.4. The van der Waals surface area contributed by atoms with Gasteiger partial charge in [0.25, 0.3) is 0 Å². The normalized spacial score (nSPS) is 25.6. The smallest absolute Gasteiger partial charge is 0.223 e. The number of amides is 1. The minimum absolute atomic E-state index is 0.134. The summed E-state index contributed by atoms with van der Waals surface area (Å²) < 4.78 is 5.83. The van der Waals surface area contributed by atoms with Crippen molar-refractivity contribution >= 4 is 5.91 Å². The molecule has 1 rings (SSSR count). The van der Waals surface area contributed by atoms with Gasteiger partial charge in [-0.3, -0.25) is 4.79 Å². The zero-order valence-corrected chi connectivity index (χ0v) is 12.2. The van der Waals surface area contributed by atoms with E-state index in [4.69, 9.17) is 10.5 Å². The highest BCUT2D eigenvalue weighted by Gasteiger charge is 2.55. The van der Waals surface area contributed by atoms with Crippen molar-refractivity contribution in [1.82, 2.24) is 4.90 Å². The second kappa shape index (κ2) is 6.53. The van der Waals surface area contributed by atoms with Gasteiger partial charge in [-0.2, -0.15) is 0 Å². The molecule has 0 spiro atoms. The van der Waals surface area contributed by atoms with Crippen LogP contribution in [0.4, 0.5) is 0 Å². The van der Waals surface area contributed by atoms with Crippen molar-refractivity contribution in [3.8, 4) is 0 Å². The Hall–Kier alpha value is -0.610. The van der Waals surface area contributed by atoms with Gasteiger partial charge in [0.05, 0.1) is 6.10 Å². The second-order valence-electron chi connectivity index (χ2n) is 5.18. The summed E-state index contributed by atoms with van der Waals surface area (Å²) in [5, 5.41) is 0. The Balaban J connectivity index is 2.75. The van der Waals surface area contributed by atoms with Crippen LogP contribution in [0.5, 0.6) is 0 Å². The van der Waals surface area contributed by atoms with Gasteiger partial charge in [-0.15, -0.1) is 0 Å². The van der Waals surface area contributed by atoms with Gasteiger partial charge in [0.15, 0.2) is 0 Å². The highest BCUT2D eigenvalue weighted by Crippen LogP contribution is 2.51. The third-order valence-electron chi connectivity index (χ3n) is 4.65. The summed E-state index contributed by atoms with van der Waals surface area (Å²) in [5.41, 5.74) is 5.60. The number of ether oxygens (including phenoxy) is 1. The van der Waals surface area contributed by atoms with E-state index in [-0.39, 0.29) is 11.3 Å². The van der Waals surface area contributed by atoms with E-state index in [1.165, 1.54) is 0 Å². The maximum absolute atomic E-state index is 12.0. The van der Waals surface area contributed by atoms with Gasteiger partial charge >= 0.3 is 0 Å². The van der Waals surface area contributed by atoms with E-state index in [9.17, 15) is 4.79 Å². The number of nitrogens with zero attached hydrogens (tertiary/aromatic N) is 1. The van der Waals surface area contributed by atoms with Gasteiger partial charge in [-0.05, 0) is 26.2 Å². The molecular weight excluding hydrogens is 228 g/mol. The molecule has 4 nitrogen and oxygen atoms in total. The van der Waals surface area contributed by atoms with Crippen molar-refractivity contribution in [2.24, 2.45) is 11.1 Å². The van der Waals surface area contributed by atoms with Crippen molar-refractivity contribution < 1.29 is 9.53 Å². The molecule has 2 atom stereocenters. The molecule has 1 amide bonds. The van der Waals surface area contributed by atoms with Crippen LogP contribution in [0.15, 0.2) is 0 Å². The first-order valence-electron chi connectivity index (χ1n) is 7.14. The van der Waals surface area contributed by atoms with E-state index in [0.717, 1.165) is 25.9 Å². The average Bonchev–Trinajstić information content (AvgIpc) is 2.35. The molecule has 18 heavy (non-hydrogen) atoms. The summed E-state index contributed by atoms with van der Waals surface area (Å²) in [5.74, 6) is 0.156.